The molecular weight excluding hydrogens is 282 g/mol. The van der Waals surface area contributed by atoms with Gasteiger partial charge in [0.05, 0.1) is 17.1 Å². The number of aryl methyl sites for hydroxylation is 2. The van der Waals surface area contributed by atoms with E-state index in [9.17, 15) is 0 Å². The van der Waals surface area contributed by atoms with Crippen molar-refractivity contribution >= 4 is 27.4 Å². The van der Waals surface area contributed by atoms with Gasteiger partial charge >= 0.3 is 0 Å². The van der Waals surface area contributed by atoms with Crippen LogP contribution in [0, 0.1) is 13.8 Å². The summed E-state index contributed by atoms with van der Waals surface area (Å²) < 4.78 is 0. The first-order valence-electron chi connectivity index (χ1n) is 7.22. The van der Waals surface area contributed by atoms with Crippen molar-refractivity contribution in [3.05, 3.63) is 34.7 Å². The van der Waals surface area contributed by atoms with Crippen molar-refractivity contribution in [1.82, 2.24) is 20.2 Å². The van der Waals surface area contributed by atoms with Gasteiger partial charge in [-0.15, -0.1) is 11.3 Å². The van der Waals surface area contributed by atoms with Gasteiger partial charge in [0, 0.05) is 17.8 Å². The molecule has 6 heteroatoms. The standard InChI is InChI=1S/C15H17N5S/c1-9-13(10(2)19-18-9)12-4-3-6-20(12)14-11-5-7-21-15(11)17-8-16-14/h5,7-8,12H,3-4,6H2,1-2H3,(H,18,19). The quantitative estimate of drug-likeness (QED) is 0.788. The minimum atomic E-state index is 0.363. The van der Waals surface area contributed by atoms with Crippen molar-refractivity contribution in [2.75, 3.05) is 11.4 Å². The molecule has 1 saturated heterocycles. The number of hydrogen-bond donors (Lipinski definition) is 1. The summed E-state index contributed by atoms with van der Waals surface area (Å²) in [4.78, 5) is 12.4. The predicted molar refractivity (Wildman–Crippen MR) is 84.8 cm³/mol. The number of thiophene rings is 1. The molecule has 1 unspecified atom stereocenters. The lowest BCUT2D eigenvalue weighted by Gasteiger charge is -2.26. The Morgan fingerprint density at radius 1 is 1.33 bits per heavy atom. The van der Waals surface area contributed by atoms with E-state index < -0.39 is 0 Å². The normalized spacial score (nSPS) is 18.8. The van der Waals surface area contributed by atoms with Crippen LogP contribution in [0.15, 0.2) is 17.8 Å². The van der Waals surface area contributed by atoms with E-state index in [2.05, 4.69) is 50.4 Å². The minimum Gasteiger partial charge on any atom is -0.349 e. The summed E-state index contributed by atoms with van der Waals surface area (Å²) in [5.74, 6) is 1.06. The average Bonchev–Trinajstić information content (AvgIpc) is 3.18. The third-order valence-electron chi connectivity index (χ3n) is 4.28. The number of aromatic amines is 1. The first kappa shape index (κ1) is 12.8. The highest BCUT2D eigenvalue weighted by molar-refractivity contribution is 7.16. The van der Waals surface area contributed by atoms with Crippen LogP contribution in [0.4, 0.5) is 5.82 Å². The molecule has 1 aliphatic rings. The summed E-state index contributed by atoms with van der Waals surface area (Å²) >= 11 is 1.67. The number of nitrogens with zero attached hydrogens (tertiary/aromatic N) is 4. The van der Waals surface area contributed by atoms with E-state index in [-0.39, 0.29) is 0 Å². The van der Waals surface area contributed by atoms with Gasteiger partial charge in [-0.3, -0.25) is 5.10 Å². The summed E-state index contributed by atoms with van der Waals surface area (Å²) in [5.41, 5.74) is 3.59. The van der Waals surface area contributed by atoms with E-state index in [1.807, 2.05) is 0 Å². The molecule has 1 N–H and O–H groups in total. The molecule has 4 heterocycles. The third kappa shape index (κ3) is 1.93. The van der Waals surface area contributed by atoms with Gasteiger partial charge in [0.2, 0.25) is 0 Å². The molecule has 3 aromatic heterocycles. The van der Waals surface area contributed by atoms with Gasteiger partial charge in [0.1, 0.15) is 17.0 Å². The molecule has 0 aliphatic carbocycles. The number of fused-ring (bicyclic) bond motifs is 1. The van der Waals surface area contributed by atoms with Crippen LogP contribution < -0.4 is 4.90 Å². The molecule has 108 valence electrons. The van der Waals surface area contributed by atoms with Crippen LogP contribution in [0.3, 0.4) is 0 Å². The molecule has 1 atom stereocenters. The first-order chi connectivity index (χ1) is 10.3. The van der Waals surface area contributed by atoms with Crippen LogP contribution in [0.2, 0.25) is 0 Å². The van der Waals surface area contributed by atoms with Crippen LogP contribution in [-0.2, 0) is 0 Å². The molecule has 0 saturated carbocycles. The van der Waals surface area contributed by atoms with E-state index in [4.69, 9.17) is 0 Å². The van der Waals surface area contributed by atoms with Gasteiger partial charge in [-0.1, -0.05) is 0 Å². The Hall–Kier alpha value is -1.95. The van der Waals surface area contributed by atoms with E-state index in [1.54, 1.807) is 17.7 Å². The van der Waals surface area contributed by atoms with E-state index in [1.165, 1.54) is 17.7 Å². The lowest BCUT2D eigenvalue weighted by atomic mass is 10.0. The maximum absolute atomic E-state index is 4.57. The highest BCUT2D eigenvalue weighted by Gasteiger charge is 2.31. The van der Waals surface area contributed by atoms with E-state index in [0.717, 1.165) is 34.7 Å². The molecule has 5 nitrogen and oxygen atoms in total. The van der Waals surface area contributed by atoms with E-state index in [0.29, 0.717) is 6.04 Å². The average molecular weight is 299 g/mol. The summed E-state index contributed by atoms with van der Waals surface area (Å²) in [6.07, 6.45) is 4.01. The Kier molecular flexibility index (Phi) is 2.92. The Balaban J connectivity index is 1.82. The second-order valence-electron chi connectivity index (χ2n) is 5.54. The summed E-state index contributed by atoms with van der Waals surface area (Å²) in [5, 5.41) is 10.7. The lowest BCUT2D eigenvalue weighted by Crippen LogP contribution is -2.24. The molecule has 3 aromatic rings. The summed E-state index contributed by atoms with van der Waals surface area (Å²) in [6, 6.07) is 2.49. The second-order valence-corrected chi connectivity index (χ2v) is 6.43. The fourth-order valence-corrected chi connectivity index (χ4v) is 4.10. The Bertz CT molecular complexity index is 771. The zero-order valence-corrected chi connectivity index (χ0v) is 12.9. The number of hydrogen-bond acceptors (Lipinski definition) is 5. The van der Waals surface area contributed by atoms with Gasteiger partial charge in [-0.05, 0) is 38.1 Å². The topological polar surface area (TPSA) is 57.7 Å². The smallest absolute Gasteiger partial charge is 0.141 e. The Morgan fingerprint density at radius 2 is 2.24 bits per heavy atom. The number of anilines is 1. The van der Waals surface area contributed by atoms with Crippen molar-refractivity contribution in [1.29, 1.82) is 0 Å². The Morgan fingerprint density at radius 3 is 3.05 bits per heavy atom. The van der Waals surface area contributed by atoms with Crippen LogP contribution in [0.1, 0.15) is 35.8 Å². The first-order valence-corrected chi connectivity index (χ1v) is 8.10. The van der Waals surface area contributed by atoms with Gasteiger partial charge < -0.3 is 4.90 Å². The van der Waals surface area contributed by atoms with Crippen LogP contribution in [0.25, 0.3) is 10.2 Å². The van der Waals surface area contributed by atoms with Crippen molar-refractivity contribution in [3.63, 3.8) is 0 Å². The van der Waals surface area contributed by atoms with E-state index >= 15 is 0 Å². The van der Waals surface area contributed by atoms with Gasteiger partial charge in [-0.25, -0.2) is 9.97 Å². The molecule has 1 aliphatic heterocycles. The van der Waals surface area contributed by atoms with Crippen molar-refractivity contribution in [2.45, 2.75) is 32.7 Å². The minimum absolute atomic E-state index is 0.363. The highest BCUT2D eigenvalue weighted by Crippen LogP contribution is 2.40. The molecule has 0 spiro atoms. The molecular formula is C15H17N5S. The zero-order chi connectivity index (χ0) is 14.4. The number of H-pyrrole nitrogens is 1. The zero-order valence-electron chi connectivity index (χ0n) is 12.1. The fraction of sp³-hybridized carbons (Fsp3) is 0.400. The Labute approximate surface area is 127 Å². The number of rotatable bonds is 2. The van der Waals surface area contributed by atoms with Crippen LogP contribution >= 0.6 is 11.3 Å². The van der Waals surface area contributed by atoms with Gasteiger partial charge in [0.15, 0.2) is 0 Å². The van der Waals surface area contributed by atoms with Crippen molar-refractivity contribution in [3.8, 4) is 0 Å². The maximum Gasteiger partial charge on any atom is 0.141 e. The molecule has 0 radical (unpaired) electrons. The highest BCUT2D eigenvalue weighted by atomic mass is 32.1. The largest absolute Gasteiger partial charge is 0.349 e. The molecule has 0 bridgehead atoms. The molecule has 21 heavy (non-hydrogen) atoms. The summed E-state index contributed by atoms with van der Waals surface area (Å²) in [7, 11) is 0. The monoisotopic (exact) mass is 299 g/mol. The molecule has 4 rings (SSSR count). The molecule has 0 amide bonds. The van der Waals surface area contributed by atoms with Crippen LogP contribution in [-0.4, -0.2) is 26.7 Å². The van der Waals surface area contributed by atoms with Crippen molar-refractivity contribution < 1.29 is 0 Å². The predicted octanol–water partition coefficient (Wildman–Crippen LogP) is 3.37. The SMILES string of the molecule is Cc1n[nH]c(C)c1C1CCCN1c1ncnc2sccc12. The number of aromatic nitrogens is 4. The second kappa shape index (κ2) is 4.80. The summed E-state index contributed by atoms with van der Waals surface area (Å²) in [6.45, 7) is 5.22. The van der Waals surface area contributed by atoms with Gasteiger partial charge in [-0.2, -0.15) is 5.10 Å². The molecule has 1 fully saturated rings. The lowest BCUT2D eigenvalue weighted by molar-refractivity contribution is 0.704. The number of nitrogens with one attached hydrogen (secondary N) is 1. The third-order valence-corrected chi connectivity index (χ3v) is 5.10. The molecule has 0 aromatic carbocycles. The van der Waals surface area contributed by atoms with Gasteiger partial charge in [0.25, 0.3) is 0 Å². The van der Waals surface area contributed by atoms with Crippen LogP contribution in [0.5, 0.6) is 0 Å². The fourth-order valence-electron chi connectivity index (χ4n) is 3.38. The van der Waals surface area contributed by atoms with Crippen molar-refractivity contribution in [2.24, 2.45) is 0 Å². The maximum atomic E-state index is 4.57.